The molecule has 0 aliphatic carbocycles. The Hall–Kier alpha value is -0.830. The number of nitrogens with zero attached hydrogens (tertiary/aromatic N) is 1. The van der Waals surface area contributed by atoms with E-state index in [2.05, 4.69) is 15.5 Å². The molecule has 1 aromatic rings. The van der Waals surface area contributed by atoms with Crippen LogP contribution in [0.15, 0.2) is 6.20 Å². The van der Waals surface area contributed by atoms with E-state index in [0.29, 0.717) is 0 Å². The van der Waals surface area contributed by atoms with E-state index in [1.54, 1.807) is 0 Å². The van der Waals surface area contributed by atoms with Gasteiger partial charge in [-0.15, -0.1) is 0 Å². The molecule has 3 nitrogen and oxygen atoms in total. The van der Waals surface area contributed by atoms with Crippen LogP contribution in [0.5, 0.6) is 0 Å². The van der Waals surface area contributed by atoms with Crippen molar-refractivity contribution in [2.45, 2.75) is 27.2 Å². The Morgan fingerprint density at radius 2 is 2.17 bits per heavy atom. The van der Waals surface area contributed by atoms with Crippen LogP contribution < -0.4 is 5.32 Å². The van der Waals surface area contributed by atoms with Gasteiger partial charge in [0, 0.05) is 5.69 Å². The Morgan fingerprint density at radius 1 is 1.50 bits per heavy atom. The third-order valence-electron chi connectivity index (χ3n) is 1.58. The summed E-state index contributed by atoms with van der Waals surface area (Å²) in [5, 5.41) is 9.91. The van der Waals surface area contributed by atoms with Crippen LogP contribution in [0.4, 0.5) is 0 Å². The topological polar surface area (TPSA) is 40.7 Å². The van der Waals surface area contributed by atoms with Crippen molar-refractivity contribution in [3.63, 3.8) is 0 Å². The molecule has 0 fully saturated rings. The zero-order valence-corrected chi connectivity index (χ0v) is 8.44. The maximum atomic E-state index is 3.92. The number of hydrogen-bond acceptors (Lipinski definition) is 2. The van der Waals surface area contributed by atoms with Crippen molar-refractivity contribution in [2.75, 3.05) is 13.6 Å². The number of likely N-dealkylation sites (N-methyl/N-ethyl adjacent to an activating group) is 1. The molecule has 2 N–H and O–H groups in total. The first-order chi connectivity index (χ1) is 5.84. The second kappa shape index (κ2) is 6.85. The molecule has 0 aliphatic rings. The molecule has 3 heteroatoms. The summed E-state index contributed by atoms with van der Waals surface area (Å²) in [6, 6.07) is 0. The van der Waals surface area contributed by atoms with Crippen LogP contribution in [0.1, 0.15) is 25.1 Å². The largest absolute Gasteiger partial charge is 0.319 e. The van der Waals surface area contributed by atoms with E-state index in [0.717, 1.165) is 13.0 Å². The molecule has 0 bridgehead atoms. The third-order valence-corrected chi connectivity index (χ3v) is 1.58. The zero-order chi connectivity index (χ0) is 9.40. The predicted molar refractivity (Wildman–Crippen MR) is 52.3 cm³/mol. The summed E-state index contributed by atoms with van der Waals surface area (Å²) in [7, 11) is 1.95. The molecule has 1 aromatic heterocycles. The minimum Gasteiger partial charge on any atom is -0.319 e. The average Bonchev–Trinajstić information content (AvgIpc) is 2.51. The summed E-state index contributed by atoms with van der Waals surface area (Å²) in [6.07, 6.45) is 2.94. The fraction of sp³-hybridized carbons (Fsp3) is 0.667. The number of aryl methyl sites for hydroxylation is 1. The van der Waals surface area contributed by atoms with Crippen LogP contribution in [0, 0.1) is 6.92 Å². The van der Waals surface area contributed by atoms with Gasteiger partial charge in [0.05, 0.1) is 6.20 Å². The molecule has 1 rings (SSSR count). The highest BCUT2D eigenvalue weighted by atomic mass is 15.1. The fourth-order valence-electron chi connectivity index (χ4n) is 0.887. The van der Waals surface area contributed by atoms with Gasteiger partial charge in [0.2, 0.25) is 0 Å². The lowest BCUT2D eigenvalue weighted by atomic mass is 10.2. The molecule has 0 saturated carbocycles. The van der Waals surface area contributed by atoms with Crippen molar-refractivity contribution in [1.82, 2.24) is 15.5 Å². The second-order valence-electron chi connectivity index (χ2n) is 2.37. The average molecular weight is 169 g/mol. The normalized spacial score (nSPS) is 9.00. The van der Waals surface area contributed by atoms with Crippen LogP contribution in [0.3, 0.4) is 0 Å². The molecule has 1 heterocycles. The van der Waals surface area contributed by atoms with E-state index in [1.807, 2.05) is 34.0 Å². The minimum absolute atomic E-state index is 1.01. The Morgan fingerprint density at radius 3 is 2.58 bits per heavy atom. The lowest BCUT2D eigenvalue weighted by molar-refractivity contribution is 0.789. The van der Waals surface area contributed by atoms with Crippen molar-refractivity contribution >= 4 is 0 Å². The molecular formula is C9H19N3. The smallest absolute Gasteiger partial charge is 0.0522 e. The first-order valence-electron chi connectivity index (χ1n) is 4.48. The molecule has 70 valence electrons. The van der Waals surface area contributed by atoms with Crippen LogP contribution >= 0.6 is 0 Å². The van der Waals surface area contributed by atoms with Gasteiger partial charge in [-0.3, -0.25) is 5.10 Å². The first-order valence-corrected chi connectivity index (χ1v) is 4.48. The van der Waals surface area contributed by atoms with Gasteiger partial charge in [-0.25, -0.2) is 0 Å². The van der Waals surface area contributed by atoms with E-state index in [1.165, 1.54) is 11.3 Å². The van der Waals surface area contributed by atoms with E-state index in [-0.39, 0.29) is 0 Å². The number of hydrogen-bond donors (Lipinski definition) is 2. The van der Waals surface area contributed by atoms with Gasteiger partial charge < -0.3 is 5.32 Å². The standard InChI is InChI=1S/C7H13N3.C2H6/c1-6-7(3-4-8-2)5-9-10-6;1-2/h5,8H,3-4H2,1-2H3,(H,9,10);1-2H3. The van der Waals surface area contributed by atoms with Crippen molar-refractivity contribution in [3.05, 3.63) is 17.5 Å². The summed E-state index contributed by atoms with van der Waals surface area (Å²) in [5.41, 5.74) is 2.48. The van der Waals surface area contributed by atoms with Gasteiger partial charge in [-0.2, -0.15) is 5.10 Å². The van der Waals surface area contributed by atoms with Gasteiger partial charge >= 0.3 is 0 Å². The lowest BCUT2D eigenvalue weighted by Gasteiger charge is -1.95. The minimum atomic E-state index is 1.01. The quantitative estimate of drug-likeness (QED) is 0.720. The Balaban J connectivity index is 0.000000561. The molecular weight excluding hydrogens is 150 g/mol. The summed E-state index contributed by atoms with van der Waals surface area (Å²) in [4.78, 5) is 0. The van der Waals surface area contributed by atoms with Gasteiger partial charge in [-0.05, 0) is 32.5 Å². The molecule has 0 atom stereocenters. The molecule has 0 spiro atoms. The maximum Gasteiger partial charge on any atom is 0.0522 e. The van der Waals surface area contributed by atoms with Crippen LogP contribution in [0.2, 0.25) is 0 Å². The summed E-state index contributed by atoms with van der Waals surface area (Å²) >= 11 is 0. The molecule has 12 heavy (non-hydrogen) atoms. The maximum absolute atomic E-state index is 3.92. The summed E-state index contributed by atoms with van der Waals surface area (Å²) < 4.78 is 0. The summed E-state index contributed by atoms with van der Waals surface area (Å²) in [5.74, 6) is 0. The van der Waals surface area contributed by atoms with E-state index in [9.17, 15) is 0 Å². The Bertz CT molecular complexity index is 193. The van der Waals surface area contributed by atoms with Crippen LogP contribution in [-0.4, -0.2) is 23.8 Å². The van der Waals surface area contributed by atoms with Gasteiger partial charge in [0.15, 0.2) is 0 Å². The molecule has 0 unspecified atom stereocenters. The monoisotopic (exact) mass is 169 g/mol. The van der Waals surface area contributed by atoms with Gasteiger partial charge in [-0.1, -0.05) is 13.8 Å². The van der Waals surface area contributed by atoms with Crippen LogP contribution in [-0.2, 0) is 6.42 Å². The highest BCUT2D eigenvalue weighted by Gasteiger charge is 1.96. The van der Waals surface area contributed by atoms with Gasteiger partial charge in [0.25, 0.3) is 0 Å². The van der Waals surface area contributed by atoms with E-state index < -0.39 is 0 Å². The predicted octanol–water partition coefficient (Wildman–Crippen LogP) is 1.51. The van der Waals surface area contributed by atoms with Crippen molar-refractivity contribution in [2.24, 2.45) is 0 Å². The number of rotatable bonds is 3. The summed E-state index contributed by atoms with van der Waals surface area (Å²) in [6.45, 7) is 7.05. The van der Waals surface area contributed by atoms with Gasteiger partial charge in [0.1, 0.15) is 0 Å². The first kappa shape index (κ1) is 11.2. The van der Waals surface area contributed by atoms with Crippen molar-refractivity contribution in [3.8, 4) is 0 Å². The second-order valence-corrected chi connectivity index (χ2v) is 2.37. The number of nitrogens with one attached hydrogen (secondary N) is 2. The number of aromatic nitrogens is 2. The number of H-pyrrole nitrogens is 1. The lowest BCUT2D eigenvalue weighted by Crippen LogP contribution is -2.10. The molecule has 0 radical (unpaired) electrons. The third kappa shape index (κ3) is 3.53. The van der Waals surface area contributed by atoms with Crippen LogP contribution in [0.25, 0.3) is 0 Å². The fourth-order valence-corrected chi connectivity index (χ4v) is 0.887. The Labute approximate surface area is 74.6 Å². The van der Waals surface area contributed by atoms with Crippen molar-refractivity contribution < 1.29 is 0 Å². The molecule has 0 saturated heterocycles. The SMILES string of the molecule is CC.CNCCc1cn[nH]c1C. The van der Waals surface area contributed by atoms with Crippen molar-refractivity contribution in [1.29, 1.82) is 0 Å². The number of aromatic amines is 1. The molecule has 0 aromatic carbocycles. The van der Waals surface area contributed by atoms with E-state index in [4.69, 9.17) is 0 Å². The zero-order valence-electron chi connectivity index (χ0n) is 8.44. The highest BCUT2D eigenvalue weighted by Crippen LogP contribution is 2.01. The molecule has 0 amide bonds. The molecule has 0 aliphatic heterocycles. The van der Waals surface area contributed by atoms with E-state index >= 15 is 0 Å². The Kier molecular flexibility index (Phi) is 6.38. The highest BCUT2D eigenvalue weighted by molar-refractivity contribution is 5.14.